The summed E-state index contributed by atoms with van der Waals surface area (Å²) < 4.78 is 19.2. The van der Waals surface area contributed by atoms with E-state index in [0.717, 1.165) is 18.4 Å². The molecule has 1 saturated carbocycles. The van der Waals surface area contributed by atoms with Crippen LogP contribution >= 0.6 is 0 Å². The van der Waals surface area contributed by atoms with Gasteiger partial charge in [-0.15, -0.1) is 0 Å². The van der Waals surface area contributed by atoms with Gasteiger partial charge in [-0.1, -0.05) is 12.1 Å². The van der Waals surface area contributed by atoms with Gasteiger partial charge in [0, 0.05) is 49.7 Å². The third-order valence-electron chi connectivity index (χ3n) is 8.19. The van der Waals surface area contributed by atoms with Crippen LogP contribution in [0.2, 0.25) is 0 Å². The molecule has 3 aliphatic heterocycles. The Bertz CT molecular complexity index is 1290. The minimum absolute atomic E-state index is 0.00464. The average molecular weight is 492 g/mol. The zero-order valence-corrected chi connectivity index (χ0v) is 19.9. The molecule has 1 spiro atoms. The Morgan fingerprint density at radius 3 is 2.47 bits per heavy atom. The summed E-state index contributed by atoms with van der Waals surface area (Å²) in [5, 5.41) is 2.30. The molecule has 1 N–H and O–H groups in total. The van der Waals surface area contributed by atoms with E-state index in [0.29, 0.717) is 36.2 Å². The number of nitrogens with one attached hydrogen (secondary N) is 1. The number of halogens is 1. The van der Waals surface area contributed by atoms with Crippen molar-refractivity contribution < 1.29 is 28.3 Å². The van der Waals surface area contributed by atoms with Crippen LogP contribution in [0.3, 0.4) is 0 Å². The van der Waals surface area contributed by atoms with Crippen LogP contribution in [0, 0.1) is 11.2 Å². The molecule has 3 fully saturated rings. The van der Waals surface area contributed by atoms with E-state index in [2.05, 4.69) is 5.32 Å². The quantitative estimate of drug-likeness (QED) is 0.663. The summed E-state index contributed by atoms with van der Waals surface area (Å²) in [6.07, 6.45) is 2.03. The monoisotopic (exact) mass is 491 g/mol. The summed E-state index contributed by atoms with van der Waals surface area (Å²) in [7, 11) is 1.67. The summed E-state index contributed by atoms with van der Waals surface area (Å²) in [4.78, 5) is 53.1. The second-order valence-electron chi connectivity index (χ2n) is 10.5. The fraction of sp³-hybridized carbons (Fsp3) is 0.407. The van der Waals surface area contributed by atoms with Gasteiger partial charge in [0.1, 0.15) is 11.9 Å². The number of piperidine rings is 1. The Morgan fingerprint density at radius 1 is 1.08 bits per heavy atom. The van der Waals surface area contributed by atoms with Crippen molar-refractivity contribution >= 4 is 23.6 Å². The maximum atomic E-state index is 13.3. The van der Waals surface area contributed by atoms with E-state index in [9.17, 15) is 23.6 Å². The van der Waals surface area contributed by atoms with Crippen LogP contribution in [0.1, 0.15) is 57.5 Å². The van der Waals surface area contributed by atoms with Crippen molar-refractivity contribution in [3.8, 4) is 0 Å². The molecule has 1 unspecified atom stereocenters. The van der Waals surface area contributed by atoms with Crippen LogP contribution < -0.4 is 5.32 Å². The molecule has 2 aromatic carbocycles. The lowest BCUT2D eigenvalue weighted by Gasteiger charge is -2.63. The topological polar surface area (TPSA) is 96.0 Å². The van der Waals surface area contributed by atoms with Crippen molar-refractivity contribution in [2.45, 2.75) is 43.9 Å². The first-order valence-corrected chi connectivity index (χ1v) is 12.1. The van der Waals surface area contributed by atoms with Gasteiger partial charge in [0.25, 0.3) is 11.8 Å². The van der Waals surface area contributed by atoms with Crippen LogP contribution in [0.25, 0.3) is 0 Å². The zero-order valence-electron chi connectivity index (χ0n) is 19.9. The highest BCUT2D eigenvalue weighted by molar-refractivity contribution is 6.06. The molecule has 2 saturated heterocycles. The summed E-state index contributed by atoms with van der Waals surface area (Å²) in [5.74, 6) is -1.41. The normalized spacial score (nSPS) is 23.7. The highest BCUT2D eigenvalue weighted by Gasteiger charge is 2.62. The number of fused-ring (bicyclic) bond motifs is 1. The standard InChI is InChI=1S/C27H26FN3O5/c1-36-27(18-3-5-19(28)6-4-18)12-26(13-27)14-30(15-26)24(34)16-2-7-20-17(10-16)11-31(25(20)35)21-8-9-22(32)29-23(21)33/h2-7,10,21H,8-9,11-15H2,1H3,(H,29,32,33). The van der Waals surface area contributed by atoms with Gasteiger partial charge in [0.2, 0.25) is 11.8 Å². The number of likely N-dealkylation sites (tertiary alicyclic amines) is 1. The predicted molar refractivity (Wildman–Crippen MR) is 125 cm³/mol. The van der Waals surface area contributed by atoms with E-state index < -0.39 is 17.6 Å². The van der Waals surface area contributed by atoms with Crippen molar-refractivity contribution in [2.24, 2.45) is 5.41 Å². The van der Waals surface area contributed by atoms with Gasteiger partial charge in [-0.3, -0.25) is 24.5 Å². The molecule has 4 amide bonds. The Morgan fingerprint density at radius 2 is 1.81 bits per heavy atom. The second kappa shape index (κ2) is 7.96. The lowest BCUT2D eigenvalue weighted by Crippen LogP contribution is -2.68. The van der Waals surface area contributed by atoms with E-state index in [1.807, 2.05) is 0 Å². The predicted octanol–water partition coefficient (Wildman–Crippen LogP) is 2.36. The minimum Gasteiger partial charge on any atom is -0.373 e. The number of nitrogens with zero attached hydrogens (tertiary/aromatic N) is 2. The van der Waals surface area contributed by atoms with Crippen molar-refractivity contribution in [2.75, 3.05) is 20.2 Å². The van der Waals surface area contributed by atoms with E-state index in [1.165, 1.54) is 17.0 Å². The first-order chi connectivity index (χ1) is 17.2. The molecule has 2 aromatic rings. The van der Waals surface area contributed by atoms with E-state index in [-0.39, 0.29) is 41.9 Å². The fourth-order valence-electron chi connectivity index (χ4n) is 6.40. The van der Waals surface area contributed by atoms with Crippen molar-refractivity contribution in [3.05, 3.63) is 70.5 Å². The summed E-state index contributed by atoms with van der Waals surface area (Å²) >= 11 is 0. The highest BCUT2D eigenvalue weighted by Crippen LogP contribution is 2.60. The summed E-state index contributed by atoms with van der Waals surface area (Å²) in [6, 6.07) is 10.8. The van der Waals surface area contributed by atoms with Crippen molar-refractivity contribution in [1.82, 2.24) is 15.1 Å². The zero-order chi connectivity index (χ0) is 25.2. The van der Waals surface area contributed by atoms with Gasteiger partial charge in [-0.2, -0.15) is 0 Å². The second-order valence-corrected chi connectivity index (χ2v) is 10.5. The molecule has 186 valence electrons. The molecule has 0 radical (unpaired) electrons. The number of hydrogen-bond acceptors (Lipinski definition) is 5. The van der Waals surface area contributed by atoms with Gasteiger partial charge in [-0.05, 0) is 60.7 Å². The molecular weight excluding hydrogens is 465 g/mol. The molecule has 0 bridgehead atoms. The van der Waals surface area contributed by atoms with E-state index >= 15 is 0 Å². The number of amides is 4. The van der Waals surface area contributed by atoms with E-state index in [1.54, 1.807) is 42.3 Å². The molecule has 3 heterocycles. The van der Waals surface area contributed by atoms with Crippen LogP contribution in [0.15, 0.2) is 42.5 Å². The first kappa shape index (κ1) is 22.8. The molecule has 0 aromatic heterocycles. The number of imide groups is 1. The molecule has 4 aliphatic rings. The summed E-state index contributed by atoms with van der Waals surface area (Å²) in [5.41, 5.74) is 2.21. The smallest absolute Gasteiger partial charge is 0.255 e. The third-order valence-corrected chi connectivity index (χ3v) is 8.19. The number of rotatable bonds is 4. The number of ether oxygens (including phenoxy) is 1. The number of carbonyl (C=O) groups excluding carboxylic acids is 4. The largest absolute Gasteiger partial charge is 0.373 e. The van der Waals surface area contributed by atoms with Crippen molar-refractivity contribution in [3.63, 3.8) is 0 Å². The highest BCUT2D eigenvalue weighted by atomic mass is 19.1. The Kier molecular flexibility index (Phi) is 5.05. The van der Waals surface area contributed by atoms with Gasteiger partial charge in [-0.25, -0.2) is 4.39 Å². The SMILES string of the molecule is COC1(c2ccc(F)cc2)CC2(CN(C(=O)c3ccc4c(c3)CN(C3CCC(=O)NC3=O)C4=O)C2)C1. The fourth-order valence-corrected chi connectivity index (χ4v) is 6.40. The number of hydrogen-bond donors (Lipinski definition) is 1. The molecule has 8 nitrogen and oxygen atoms in total. The lowest BCUT2D eigenvalue weighted by molar-refractivity contribution is -0.201. The number of carbonyl (C=O) groups is 4. The van der Waals surface area contributed by atoms with Gasteiger partial charge < -0.3 is 14.5 Å². The third kappa shape index (κ3) is 3.44. The van der Waals surface area contributed by atoms with Crippen LogP contribution in [-0.4, -0.2) is 59.7 Å². The summed E-state index contributed by atoms with van der Waals surface area (Å²) in [6.45, 7) is 1.48. The maximum absolute atomic E-state index is 13.3. The molecular formula is C27H26FN3O5. The number of methoxy groups -OCH3 is 1. The van der Waals surface area contributed by atoms with Gasteiger partial charge >= 0.3 is 0 Å². The van der Waals surface area contributed by atoms with Crippen molar-refractivity contribution in [1.29, 1.82) is 0 Å². The van der Waals surface area contributed by atoms with Crippen LogP contribution in [0.4, 0.5) is 4.39 Å². The maximum Gasteiger partial charge on any atom is 0.255 e. The van der Waals surface area contributed by atoms with Crippen LogP contribution in [0.5, 0.6) is 0 Å². The molecule has 1 aliphatic carbocycles. The minimum atomic E-state index is -0.683. The Balaban J connectivity index is 1.11. The van der Waals surface area contributed by atoms with E-state index in [4.69, 9.17) is 4.74 Å². The average Bonchev–Trinajstić information content (AvgIpc) is 3.14. The van der Waals surface area contributed by atoms with Gasteiger partial charge in [0.15, 0.2) is 0 Å². The first-order valence-electron chi connectivity index (χ1n) is 12.1. The Labute approximate surface area is 207 Å². The number of benzene rings is 2. The molecule has 36 heavy (non-hydrogen) atoms. The molecule has 9 heteroatoms. The molecule has 6 rings (SSSR count). The lowest BCUT2D eigenvalue weighted by atomic mass is 9.53. The van der Waals surface area contributed by atoms with Gasteiger partial charge in [0.05, 0.1) is 5.60 Å². The molecule has 1 atom stereocenters. The van der Waals surface area contributed by atoms with Crippen LogP contribution in [-0.2, 0) is 26.5 Å². The Hall–Kier alpha value is -3.59.